The van der Waals surface area contributed by atoms with Crippen LogP contribution in [0.5, 0.6) is 0 Å². The third-order valence-electron chi connectivity index (χ3n) is 13.6. The highest BCUT2D eigenvalue weighted by Crippen LogP contribution is 2.76. The largest absolute Gasteiger partial charge is 0.481 e. The first-order chi connectivity index (χ1) is 16.6. The number of aliphatic hydroxyl groups excluding tert-OH is 3. The first-order valence-electron chi connectivity index (χ1n) is 14.2. The highest BCUT2D eigenvalue weighted by atomic mass is 16.4. The van der Waals surface area contributed by atoms with Gasteiger partial charge in [-0.1, -0.05) is 46.3 Å². The molecule has 4 fully saturated rings. The van der Waals surface area contributed by atoms with Crippen LogP contribution in [0.25, 0.3) is 0 Å². The van der Waals surface area contributed by atoms with Crippen molar-refractivity contribution in [2.45, 2.75) is 111 Å². The van der Waals surface area contributed by atoms with Gasteiger partial charge in [-0.05, 0) is 92.3 Å². The quantitative estimate of drug-likeness (QED) is 0.361. The molecule has 5 N–H and O–H groups in total. The predicted molar refractivity (Wildman–Crippen MR) is 137 cm³/mol. The maximum Gasteiger partial charge on any atom is 0.310 e. The molecular formula is C30H48O6. The molecule has 6 heteroatoms. The van der Waals surface area contributed by atoms with Crippen LogP contribution >= 0.6 is 0 Å². The molecule has 0 spiro atoms. The highest BCUT2D eigenvalue weighted by molar-refractivity contribution is 5.77. The van der Waals surface area contributed by atoms with Crippen molar-refractivity contribution in [3.63, 3.8) is 0 Å². The molecule has 5 aliphatic rings. The molecule has 0 radical (unpaired) electrons. The van der Waals surface area contributed by atoms with E-state index in [1.165, 1.54) is 0 Å². The molecule has 12 atom stereocenters. The van der Waals surface area contributed by atoms with E-state index in [2.05, 4.69) is 33.8 Å². The summed E-state index contributed by atoms with van der Waals surface area (Å²) in [6.07, 6.45) is 6.20. The maximum atomic E-state index is 12.8. The van der Waals surface area contributed by atoms with Gasteiger partial charge in [0.2, 0.25) is 0 Å². The summed E-state index contributed by atoms with van der Waals surface area (Å²) in [5.74, 6) is -0.834. The molecule has 5 rings (SSSR count). The van der Waals surface area contributed by atoms with Gasteiger partial charge in [-0.3, -0.25) is 4.79 Å². The van der Waals surface area contributed by atoms with Gasteiger partial charge in [-0.15, -0.1) is 0 Å². The number of carbonyl (C=O) groups is 1. The molecule has 0 bridgehead atoms. The van der Waals surface area contributed by atoms with Crippen LogP contribution in [0.2, 0.25) is 0 Å². The van der Waals surface area contributed by atoms with Gasteiger partial charge in [0.25, 0.3) is 0 Å². The van der Waals surface area contributed by atoms with E-state index < -0.39 is 40.5 Å². The molecule has 0 amide bonds. The molecule has 5 aliphatic carbocycles. The van der Waals surface area contributed by atoms with Crippen LogP contribution in [0.3, 0.4) is 0 Å². The number of fused-ring (bicyclic) bond motifs is 7. The van der Waals surface area contributed by atoms with Crippen LogP contribution in [0.4, 0.5) is 0 Å². The third kappa shape index (κ3) is 2.91. The number of hydrogen-bond donors (Lipinski definition) is 5. The Labute approximate surface area is 216 Å². The zero-order valence-electron chi connectivity index (χ0n) is 23.0. The number of hydrogen-bond acceptors (Lipinski definition) is 5. The van der Waals surface area contributed by atoms with Crippen molar-refractivity contribution in [1.82, 2.24) is 0 Å². The number of carboxylic acids is 1. The normalized spacial score (nSPS) is 58.6. The van der Waals surface area contributed by atoms with Crippen LogP contribution in [0, 0.1) is 50.7 Å². The Balaban J connectivity index is 1.65. The van der Waals surface area contributed by atoms with Gasteiger partial charge in [0.05, 0.1) is 29.8 Å². The van der Waals surface area contributed by atoms with E-state index >= 15 is 0 Å². The number of aliphatic carboxylic acids is 1. The summed E-state index contributed by atoms with van der Waals surface area (Å²) in [6, 6.07) is 0. The summed E-state index contributed by atoms with van der Waals surface area (Å²) < 4.78 is 0. The Bertz CT molecular complexity index is 974. The van der Waals surface area contributed by atoms with Gasteiger partial charge in [0, 0.05) is 11.3 Å². The smallest absolute Gasteiger partial charge is 0.310 e. The highest BCUT2D eigenvalue weighted by Gasteiger charge is 2.72. The summed E-state index contributed by atoms with van der Waals surface area (Å²) in [5, 5.41) is 54.8. The minimum absolute atomic E-state index is 0.0252. The van der Waals surface area contributed by atoms with Crippen molar-refractivity contribution in [1.29, 1.82) is 0 Å². The molecule has 0 heterocycles. The van der Waals surface area contributed by atoms with Crippen molar-refractivity contribution in [3.8, 4) is 0 Å². The summed E-state index contributed by atoms with van der Waals surface area (Å²) in [4.78, 5) is 12.8. The number of allylic oxidation sites excluding steroid dienone is 1. The number of carboxylic acid groups (broad SMARTS) is 1. The fourth-order valence-electron chi connectivity index (χ4n) is 11.0. The standard InChI is InChI=1S/C30H48O6/c1-17-9-12-30(24(34)35)14-13-27(4)18(22(30)29(17,6)36)7-8-21-25(2)15-19(32)23(33)26(3,16-31)20(25)10-11-28(21,27)5/h7,17,19-23,31-33,36H,8-16H2,1-6H3,(H,34,35)/t17?,19-,20?,21?,22?,23-,25?,26?,27?,28?,29?,30?/m1/s1. The molecule has 0 aromatic rings. The molecule has 6 nitrogen and oxygen atoms in total. The molecule has 0 aromatic heterocycles. The average molecular weight is 505 g/mol. The first kappa shape index (κ1) is 26.6. The Hall–Kier alpha value is -0.950. The average Bonchev–Trinajstić information content (AvgIpc) is 2.80. The fraction of sp³-hybridized carbons (Fsp3) is 0.900. The first-order valence-corrected chi connectivity index (χ1v) is 14.2. The van der Waals surface area contributed by atoms with E-state index in [4.69, 9.17) is 0 Å². The molecule has 0 saturated heterocycles. The number of aliphatic hydroxyl groups is 4. The predicted octanol–water partition coefficient (Wildman–Crippen LogP) is 4.15. The van der Waals surface area contributed by atoms with Gasteiger partial charge in [-0.2, -0.15) is 0 Å². The van der Waals surface area contributed by atoms with Crippen molar-refractivity contribution in [2.75, 3.05) is 6.61 Å². The third-order valence-corrected chi connectivity index (χ3v) is 13.6. The Morgan fingerprint density at radius 2 is 1.67 bits per heavy atom. The van der Waals surface area contributed by atoms with E-state index in [0.29, 0.717) is 19.3 Å². The summed E-state index contributed by atoms with van der Waals surface area (Å²) >= 11 is 0. The van der Waals surface area contributed by atoms with E-state index in [1.807, 2.05) is 13.8 Å². The minimum atomic E-state index is -1.09. The summed E-state index contributed by atoms with van der Waals surface area (Å²) in [5.41, 5.74) is -2.28. The topological polar surface area (TPSA) is 118 Å². The van der Waals surface area contributed by atoms with E-state index in [-0.39, 0.29) is 40.6 Å². The monoisotopic (exact) mass is 504 g/mol. The Morgan fingerprint density at radius 3 is 2.28 bits per heavy atom. The minimum Gasteiger partial charge on any atom is -0.481 e. The van der Waals surface area contributed by atoms with Crippen LogP contribution in [-0.4, -0.2) is 55.9 Å². The lowest BCUT2D eigenvalue weighted by Crippen LogP contribution is -2.69. The molecule has 4 saturated carbocycles. The lowest BCUT2D eigenvalue weighted by Gasteiger charge is -2.72. The molecule has 204 valence electrons. The summed E-state index contributed by atoms with van der Waals surface area (Å²) in [6.45, 7) is 12.6. The zero-order valence-corrected chi connectivity index (χ0v) is 23.0. The van der Waals surface area contributed by atoms with E-state index in [1.54, 1.807) is 0 Å². The molecule has 0 aromatic carbocycles. The second-order valence-electron chi connectivity index (χ2n) is 14.7. The Morgan fingerprint density at radius 1 is 1.00 bits per heavy atom. The van der Waals surface area contributed by atoms with Gasteiger partial charge in [0.1, 0.15) is 0 Å². The van der Waals surface area contributed by atoms with Gasteiger partial charge < -0.3 is 25.5 Å². The second-order valence-corrected chi connectivity index (χ2v) is 14.7. The molecule has 0 aliphatic heterocycles. The lowest BCUT2D eigenvalue weighted by atomic mass is 9.33. The SMILES string of the molecule is CC1CCC2(C(=O)O)CCC3(C)C(=CCC4C5(C)C[C@@H](O)[C@@H](O)C(C)(CO)C5CCC43C)C2C1(C)O. The lowest BCUT2D eigenvalue weighted by molar-refractivity contribution is -0.247. The van der Waals surface area contributed by atoms with Gasteiger partial charge in [-0.25, -0.2) is 0 Å². The summed E-state index contributed by atoms with van der Waals surface area (Å²) in [7, 11) is 0. The van der Waals surface area contributed by atoms with Crippen LogP contribution < -0.4 is 0 Å². The van der Waals surface area contributed by atoms with Crippen LogP contribution in [0.15, 0.2) is 11.6 Å². The van der Waals surface area contributed by atoms with Crippen molar-refractivity contribution >= 4 is 5.97 Å². The van der Waals surface area contributed by atoms with Crippen LogP contribution in [0.1, 0.15) is 92.9 Å². The number of rotatable bonds is 2. The zero-order chi connectivity index (χ0) is 26.7. The second kappa shape index (κ2) is 7.80. The molecular weight excluding hydrogens is 456 g/mol. The van der Waals surface area contributed by atoms with Crippen molar-refractivity contribution in [3.05, 3.63) is 11.6 Å². The van der Waals surface area contributed by atoms with Crippen molar-refractivity contribution in [2.24, 2.45) is 50.7 Å². The fourth-order valence-corrected chi connectivity index (χ4v) is 11.0. The van der Waals surface area contributed by atoms with Crippen molar-refractivity contribution < 1.29 is 30.3 Å². The van der Waals surface area contributed by atoms with E-state index in [0.717, 1.165) is 37.7 Å². The van der Waals surface area contributed by atoms with Crippen LogP contribution in [-0.2, 0) is 4.79 Å². The van der Waals surface area contributed by atoms with E-state index in [9.17, 15) is 30.3 Å². The van der Waals surface area contributed by atoms with Gasteiger partial charge >= 0.3 is 5.97 Å². The molecule has 36 heavy (non-hydrogen) atoms. The Kier molecular flexibility index (Phi) is 5.77. The maximum absolute atomic E-state index is 12.8. The molecule has 10 unspecified atom stereocenters. The van der Waals surface area contributed by atoms with Gasteiger partial charge in [0.15, 0.2) is 0 Å².